The van der Waals surface area contributed by atoms with Crippen molar-refractivity contribution in [3.05, 3.63) is 59.7 Å². The van der Waals surface area contributed by atoms with Crippen molar-refractivity contribution in [3.63, 3.8) is 0 Å². The molecule has 0 spiro atoms. The molecule has 6 heteroatoms. The lowest BCUT2D eigenvalue weighted by Crippen LogP contribution is -2.38. The molecule has 5 nitrogen and oxygen atoms in total. The first-order valence-corrected chi connectivity index (χ1v) is 11.2. The minimum atomic E-state index is -3.64. The molecule has 0 unspecified atom stereocenters. The lowest BCUT2D eigenvalue weighted by Gasteiger charge is -2.31. The summed E-state index contributed by atoms with van der Waals surface area (Å²) in [5.41, 5.74) is 2.11. The summed E-state index contributed by atoms with van der Waals surface area (Å²) >= 11 is 0. The van der Waals surface area contributed by atoms with Crippen LogP contribution >= 0.6 is 0 Å². The molecule has 0 atom stereocenters. The Kier molecular flexibility index (Phi) is 6.08. The van der Waals surface area contributed by atoms with E-state index in [1.165, 1.54) is 30.6 Å². The fraction of sp³-hybridized carbons (Fsp3) is 0.409. The fourth-order valence-corrected chi connectivity index (χ4v) is 4.85. The maximum Gasteiger partial charge on any atom is 0.264 e. The van der Waals surface area contributed by atoms with E-state index in [-0.39, 0.29) is 10.8 Å². The minimum Gasteiger partial charge on any atom is -0.339 e. The molecule has 1 aliphatic rings. The van der Waals surface area contributed by atoms with Crippen LogP contribution in [0, 0.1) is 6.92 Å². The summed E-state index contributed by atoms with van der Waals surface area (Å²) in [6, 6.07) is 13.9. The topological polar surface area (TPSA) is 57.7 Å². The number of carbonyl (C=O) groups excluding carboxylic acids is 1. The molecule has 28 heavy (non-hydrogen) atoms. The smallest absolute Gasteiger partial charge is 0.264 e. The SMILES string of the molecule is Cc1ccc(S(=O)(=O)N(C)c2ccc(C(=O)N(C)C3CCCCC3)cc2)cc1. The number of amides is 1. The number of benzene rings is 2. The van der Waals surface area contributed by atoms with E-state index >= 15 is 0 Å². The summed E-state index contributed by atoms with van der Waals surface area (Å²) in [5.74, 6) is -0.0116. The van der Waals surface area contributed by atoms with Crippen LogP contribution in [0.5, 0.6) is 0 Å². The first-order valence-electron chi connectivity index (χ1n) is 9.73. The number of hydrogen-bond acceptors (Lipinski definition) is 3. The number of carbonyl (C=O) groups is 1. The molecule has 150 valence electrons. The first kappa shape index (κ1) is 20.4. The molecule has 0 N–H and O–H groups in total. The molecule has 3 rings (SSSR count). The van der Waals surface area contributed by atoms with Gasteiger partial charge < -0.3 is 4.90 Å². The monoisotopic (exact) mass is 400 g/mol. The Morgan fingerprint density at radius 1 is 0.893 bits per heavy atom. The van der Waals surface area contributed by atoms with Gasteiger partial charge in [-0.15, -0.1) is 0 Å². The fourth-order valence-electron chi connectivity index (χ4n) is 3.66. The third-order valence-electron chi connectivity index (χ3n) is 5.60. The highest BCUT2D eigenvalue weighted by molar-refractivity contribution is 7.92. The molecular formula is C22H28N2O3S. The van der Waals surface area contributed by atoms with Crippen molar-refractivity contribution in [1.29, 1.82) is 0 Å². The van der Waals surface area contributed by atoms with Crippen LogP contribution in [0.1, 0.15) is 48.0 Å². The van der Waals surface area contributed by atoms with E-state index in [0.717, 1.165) is 18.4 Å². The molecule has 0 radical (unpaired) electrons. The minimum absolute atomic E-state index is 0.0116. The van der Waals surface area contributed by atoms with Crippen molar-refractivity contribution >= 4 is 21.6 Å². The number of sulfonamides is 1. The van der Waals surface area contributed by atoms with Crippen molar-refractivity contribution in [2.24, 2.45) is 0 Å². The zero-order chi connectivity index (χ0) is 20.3. The van der Waals surface area contributed by atoms with Crippen LogP contribution < -0.4 is 4.31 Å². The van der Waals surface area contributed by atoms with Crippen LogP contribution in [0.3, 0.4) is 0 Å². The maximum atomic E-state index is 12.8. The molecule has 0 saturated heterocycles. The molecule has 1 amide bonds. The zero-order valence-electron chi connectivity index (χ0n) is 16.8. The molecule has 0 bridgehead atoms. The Bertz CT molecular complexity index is 915. The second kappa shape index (κ2) is 8.35. The van der Waals surface area contributed by atoms with Gasteiger partial charge in [-0.05, 0) is 56.2 Å². The Labute approximate surface area is 168 Å². The standard InChI is InChI=1S/C22H28N2O3S/c1-17-9-15-21(16-10-17)28(26,27)24(3)20-13-11-18(12-14-20)22(25)23(2)19-7-5-4-6-8-19/h9-16,19H,4-8H2,1-3H3. The van der Waals surface area contributed by atoms with Crippen LogP contribution in [0.4, 0.5) is 5.69 Å². The van der Waals surface area contributed by atoms with Gasteiger partial charge in [-0.3, -0.25) is 9.10 Å². The van der Waals surface area contributed by atoms with E-state index in [0.29, 0.717) is 17.3 Å². The number of rotatable bonds is 5. The quantitative estimate of drug-likeness (QED) is 0.755. The highest BCUT2D eigenvalue weighted by Crippen LogP contribution is 2.25. The van der Waals surface area contributed by atoms with E-state index in [4.69, 9.17) is 0 Å². The van der Waals surface area contributed by atoms with E-state index in [9.17, 15) is 13.2 Å². The highest BCUT2D eigenvalue weighted by atomic mass is 32.2. The van der Waals surface area contributed by atoms with Gasteiger partial charge in [0.05, 0.1) is 10.6 Å². The van der Waals surface area contributed by atoms with E-state index in [1.54, 1.807) is 48.5 Å². The van der Waals surface area contributed by atoms with Gasteiger partial charge >= 0.3 is 0 Å². The van der Waals surface area contributed by atoms with Gasteiger partial charge in [-0.2, -0.15) is 0 Å². The van der Waals surface area contributed by atoms with E-state index < -0.39 is 10.0 Å². The van der Waals surface area contributed by atoms with Crippen molar-refractivity contribution in [2.75, 3.05) is 18.4 Å². The molecule has 0 aliphatic heterocycles. The average Bonchev–Trinajstić information content (AvgIpc) is 2.73. The average molecular weight is 401 g/mol. The van der Waals surface area contributed by atoms with Crippen molar-refractivity contribution < 1.29 is 13.2 Å². The Morgan fingerprint density at radius 3 is 2.04 bits per heavy atom. The van der Waals surface area contributed by atoms with Crippen LogP contribution in [0.2, 0.25) is 0 Å². The van der Waals surface area contributed by atoms with Gasteiger partial charge in [-0.1, -0.05) is 37.0 Å². The van der Waals surface area contributed by atoms with E-state index in [1.807, 2.05) is 18.9 Å². The highest BCUT2D eigenvalue weighted by Gasteiger charge is 2.24. The van der Waals surface area contributed by atoms with Crippen LogP contribution in [0.15, 0.2) is 53.4 Å². The predicted molar refractivity (Wildman–Crippen MR) is 112 cm³/mol. The maximum absolute atomic E-state index is 12.8. The molecular weight excluding hydrogens is 372 g/mol. The van der Waals surface area contributed by atoms with E-state index in [2.05, 4.69) is 0 Å². The molecule has 1 aliphatic carbocycles. The van der Waals surface area contributed by atoms with Gasteiger partial charge in [0.25, 0.3) is 15.9 Å². The third-order valence-corrected chi connectivity index (χ3v) is 7.40. The second-order valence-corrected chi connectivity index (χ2v) is 9.51. The molecule has 1 saturated carbocycles. The summed E-state index contributed by atoms with van der Waals surface area (Å²) in [5, 5.41) is 0. The summed E-state index contributed by atoms with van der Waals surface area (Å²) in [7, 11) is -0.248. The molecule has 2 aromatic carbocycles. The van der Waals surface area contributed by atoms with Gasteiger partial charge in [0.15, 0.2) is 0 Å². The molecule has 0 aromatic heterocycles. The number of anilines is 1. The summed E-state index contributed by atoms with van der Waals surface area (Å²) < 4.78 is 26.9. The zero-order valence-corrected chi connectivity index (χ0v) is 17.6. The van der Waals surface area contributed by atoms with Crippen LogP contribution in [-0.4, -0.2) is 39.4 Å². The normalized spacial score (nSPS) is 15.2. The predicted octanol–water partition coefficient (Wildman–Crippen LogP) is 4.22. The van der Waals surface area contributed by atoms with Crippen LogP contribution in [-0.2, 0) is 10.0 Å². The Morgan fingerprint density at radius 2 is 1.46 bits per heavy atom. The van der Waals surface area contributed by atoms with Crippen molar-refractivity contribution in [1.82, 2.24) is 4.90 Å². The molecule has 1 fully saturated rings. The number of hydrogen-bond donors (Lipinski definition) is 0. The summed E-state index contributed by atoms with van der Waals surface area (Å²) in [6.45, 7) is 1.92. The lowest BCUT2D eigenvalue weighted by molar-refractivity contribution is 0.0696. The van der Waals surface area contributed by atoms with Crippen molar-refractivity contribution in [3.8, 4) is 0 Å². The number of aryl methyl sites for hydroxylation is 1. The lowest BCUT2D eigenvalue weighted by atomic mass is 9.94. The Hall–Kier alpha value is -2.34. The van der Waals surface area contributed by atoms with Gasteiger partial charge in [0, 0.05) is 25.7 Å². The summed E-state index contributed by atoms with van der Waals surface area (Å²) in [4.78, 5) is 14.9. The van der Waals surface area contributed by atoms with Crippen molar-refractivity contribution in [2.45, 2.75) is 50.0 Å². The van der Waals surface area contributed by atoms with Gasteiger partial charge in [-0.25, -0.2) is 8.42 Å². The van der Waals surface area contributed by atoms with Crippen LogP contribution in [0.25, 0.3) is 0 Å². The summed E-state index contributed by atoms with van der Waals surface area (Å²) in [6.07, 6.45) is 5.69. The Balaban J connectivity index is 1.76. The molecule has 2 aromatic rings. The largest absolute Gasteiger partial charge is 0.339 e. The molecule has 0 heterocycles. The van der Waals surface area contributed by atoms with Gasteiger partial charge in [0.1, 0.15) is 0 Å². The number of nitrogens with zero attached hydrogens (tertiary/aromatic N) is 2. The first-order chi connectivity index (χ1) is 13.3. The van der Waals surface area contributed by atoms with Gasteiger partial charge in [0.2, 0.25) is 0 Å². The second-order valence-electron chi connectivity index (χ2n) is 7.54. The third kappa shape index (κ3) is 4.22.